The van der Waals surface area contributed by atoms with E-state index in [-0.39, 0.29) is 18.0 Å². The number of hydrogen-bond acceptors (Lipinski definition) is 7. The van der Waals surface area contributed by atoms with Crippen LogP contribution in [-0.2, 0) is 13.1 Å². The fraction of sp³-hybridized carbons (Fsp3) is 0.182. The molecule has 1 amide bonds. The van der Waals surface area contributed by atoms with Crippen LogP contribution in [-0.4, -0.2) is 25.9 Å². The maximum atomic E-state index is 13.4. The highest BCUT2D eigenvalue weighted by Gasteiger charge is 2.18. The van der Waals surface area contributed by atoms with Gasteiger partial charge in [0.15, 0.2) is 0 Å². The molecule has 0 saturated carbocycles. The smallest absolute Gasteiger partial charge is 0.256 e. The summed E-state index contributed by atoms with van der Waals surface area (Å²) in [5.41, 5.74) is 7.59. The molecule has 0 saturated heterocycles. The molecular formula is C33H31N7O2. The van der Waals surface area contributed by atoms with E-state index in [9.17, 15) is 4.79 Å². The zero-order valence-corrected chi connectivity index (χ0v) is 24.0. The minimum absolute atomic E-state index is 0.194. The molecule has 9 heteroatoms. The van der Waals surface area contributed by atoms with Crippen LogP contribution < -0.4 is 15.4 Å². The van der Waals surface area contributed by atoms with Crippen molar-refractivity contribution in [1.29, 1.82) is 5.26 Å². The second kappa shape index (κ2) is 12.4. The third kappa shape index (κ3) is 6.80. The largest absolute Gasteiger partial charge is 0.456 e. The number of amides is 1. The van der Waals surface area contributed by atoms with Gasteiger partial charge in [-0.15, -0.1) is 5.10 Å². The lowest BCUT2D eigenvalue weighted by Gasteiger charge is -2.16. The average molecular weight is 558 g/mol. The molecule has 3 aromatic carbocycles. The van der Waals surface area contributed by atoms with Gasteiger partial charge in [0.25, 0.3) is 5.91 Å². The molecule has 0 fully saturated rings. The standard InChI is InChI=1S/C33H31N7O2/c1-21-5-7-26(8-6-21)19-40-20-28(38-39-40)17-36-33(41)29-18-35-31(37-27-11-9-25(16-34)10-12-27)15-30(29)42-32-23(3)13-22(2)14-24(32)4/h5-15,18,20H,17,19H2,1-4H3,(H,35,37)(H,36,41). The molecule has 210 valence electrons. The monoisotopic (exact) mass is 557 g/mol. The predicted molar refractivity (Wildman–Crippen MR) is 161 cm³/mol. The first-order chi connectivity index (χ1) is 20.3. The second-order valence-electron chi connectivity index (χ2n) is 10.3. The summed E-state index contributed by atoms with van der Waals surface area (Å²) in [6, 6.07) is 23.2. The molecule has 0 aliphatic heterocycles. The Labute approximate surface area is 244 Å². The highest BCUT2D eigenvalue weighted by atomic mass is 16.5. The molecule has 0 atom stereocenters. The maximum Gasteiger partial charge on any atom is 0.256 e. The first-order valence-electron chi connectivity index (χ1n) is 13.5. The van der Waals surface area contributed by atoms with Gasteiger partial charge in [0.1, 0.15) is 28.6 Å². The van der Waals surface area contributed by atoms with Gasteiger partial charge in [0.2, 0.25) is 0 Å². The van der Waals surface area contributed by atoms with Crippen LogP contribution in [0.4, 0.5) is 11.5 Å². The zero-order chi connectivity index (χ0) is 29.6. The van der Waals surface area contributed by atoms with Crippen LogP contribution in [0.25, 0.3) is 0 Å². The molecule has 0 unspecified atom stereocenters. The van der Waals surface area contributed by atoms with Gasteiger partial charge in [-0.05, 0) is 68.7 Å². The lowest BCUT2D eigenvalue weighted by molar-refractivity contribution is 0.0947. The Morgan fingerprint density at radius 2 is 1.67 bits per heavy atom. The molecule has 2 heterocycles. The summed E-state index contributed by atoms with van der Waals surface area (Å²) < 4.78 is 8.12. The highest BCUT2D eigenvalue weighted by Crippen LogP contribution is 2.33. The minimum Gasteiger partial charge on any atom is -0.456 e. The van der Waals surface area contributed by atoms with Crippen LogP contribution >= 0.6 is 0 Å². The molecule has 2 N–H and O–H groups in total. The lowest BCUT2D eigenvalue weighted by Crippen LogP contribution is -2.24. The van der Waals surface area contributed by atoms with Crippen LogP contribution in [0, 0.1) is 39.0 Å². The van der Waals surface area contributed by atoms with E-state index in [0.29, 0.717) is 35.1 Å². The Morgan fingerprint density at radius 3 is 2.36 bits per heavy atom. The Bertz CT molecular complexity index is 1750. The summed E-state index contributed by atoms with van der Waals surface area (Å²) in [7, 11) is 0. The average Bonchev–Trinajstić information content (AvgIpc) is 3.42. The van der Waals surface area contributed by atoms with Crippen molar-refractivity contribution in [1.82, 2.24) is 25.3 Å². The first kappa shape index (κ1) is 28.1. The van der Waals surface area contributed by atoms with Gasteiger partial charge < -0.3 is 15.4 Å². The van der Waals surface area contributed by atoms with Crippen LogP contribution in [0.2, 0.25) is 0 Å². The van der Waals surface area contributed by atoms with Crippen LogP contribution in [0.1, 0.15) is 49.4 Å². The summed E-state index contributed by atoms with van der Waals surface area (Å²) >= 11 is 0. The fourth-order valence-electron chi connectivity index (χ4n) is 4.62. The Morgan fingerprint density at radius 1 is 0.952 bits per heavy atom. The molecule has 0 radical (unpaired) electrons. The number of carbonyl (C=O) groups is 1. The number of nitrogens with one attached hydrogen (secondary N) is 2. The van der Waals surface area contributed by atoms with Crippen LogP contribution in [0.15, 0.2) is 79.1 Å². The van der Waals surface area contributed by atoms with Crippen molar-refractivity contribution >= 4 is 17.4 Å². The van der Waals surface area contributed by atoms with Crippen LogP contribution in [0.5, 0.6) is 11.5 Å². The van der Waals surface area contributed by atoms with Crippen molar-refractivity contribution in [3.63, 3.8) is 0 Å². The third-order valence-corrected chi connectivity index (χ3v) is 6.70. The summed E-state index contributed by atoms with van der Waals surface area (Å²) in [5, 5.41) is 23.6. The third-order valence-electron chi connectivity index (χ3n) is 6.70. The molecule has 9 nitrogen and oxygen atoms in total. The highest BCUT2D eigenvalue weighted by molar-refractivity contribution is 5.97. The first-order valence-corrected chi connectivity index (χ1v) is 13.5. The molecule has 0 aliphatic carbocycles. The molecule has 0 bridgehead atoms. The molecule has 2 aromatic heterocycles. The van der Waals surface area contributed by atoms with Gasteiger partial charge in [-0.25, -0.2) is 9.67 Å². The number of rotatable bonds is 9. The van der Waals surface area contributed by atoms with E-state index in [1.165, 1.54) is 11.8 Å². The van der Waals surface area contributed by atoms with Crippen molar-refractivity contribution < 1.29 is 9.53 Å². The Hall–Kier alpha value is -5.49. The van der Waals surface area contributed by atoms with Gasteiger partial charge in [-0.1, -0.05) is 52.7 Å². The topological polar surface area (TPSA) is 118 Å². The number of hydrogen-bond donors (Lipinski definition) is 2. The maximum absolute atomic E-state index is 13.4. The Kier molecular flexibility index (Phi) is 8.25. The minimum atomic E-state index is -0.349. The molecule has 0 aliphatic rings. The number of anilines is 2. The summed E-state index contributed by atoms with van der Waals surface area (Å²) in [5.74, 6) is 1.19. The normalized spacial score (nSPS) is 10.6. The van der Waals surface area contributed by atoms with Crippen molar-refractivity contribution in [3.8, 4) is 17.6 Å². The van der Waals surface area contributed by atoms with E-state index in [4.69, 9.17) is 10.00 Å². The number of benzene rings is 3. The number of aromatic nitrogens is 4. The lowest BCUT2D eigenvalue weighted by atomic mass is 10.1. The van der Waals surface area contributed by atoms with Gasteiger partial charge in [-0.3, -0.25) is 4.79 Å². The quantitative estimate of drug-likeness (QED) is 0.219. The van der Waals surface area contributed by atoms with Gasteiger partial charge in [0, 0.05) is 18.0 Å². The Balaban J connectivity index is 1.35. The number of nitriles is 1. The predicted octanol–water partition coefficient (Wildman–Crippen LogP) is 6.29. The van der Waals surface area contributed by atoms with E-state index >= 15 is 0 Å². The van der Waals surface area contributed by atoms with Gasteiger partial charge >= 0.3 is 0 Å². The van der Waals surface area contributed by atoms with Crippen molar-refractivity contribution in [2.24, 2.45) is 0 Å². The van der Waals surface area contributed by atoms with E-state index in [2.05, 4.69) is 63.2 Å². The van der Waals surface area contributed by atoms with Crippen LogP contribution in [0.3, 0.4) is 0 Å². The molecule has 0 spiro atoms. The number of ether oxygens (including phenoxy) is 1. The van der Waals surface area contributed by atoms with E-state index in [0.717, 1.165) is 27.9 Å². The van der Waals surface area contributed by atoms with Gasteiger partial charge in [0.05, 0.1) is 30.9 Å². The van der Waals surface area contributed by atoms with Crippen molar-refractivity contribution in [2.75, 3.05) is 5.32 Å². The number of carbonyl (C=O) groups excluding carboxylic acids is 1. The molecule has 5 rings (SSSR count). The molecule has 5 aromatic rings. The number of aryl methyl sites for hydroxylation is 4. The molecular weight excluding hydrogens is 526 g/mol. The van der Waals surface area contributed by atoms with Gasteiger partial charge in [-0.2, -0.15) is 5.26 Å². The van der Waals surface area contributed by atoms with E-state index < -0.39 is 0 Å². The fourth-order valence-corrected chi connectivity index (χ4v) is 4.62. The number of nitrogens with zero attached hydrogens (tertiary/aromatic N) is 5. The summed E-state index contributed by atoms with van der Waals surface area (Å²) in [6.45, 7) is 8.82. The van der Waals surface area contributed by atoms with E-state index in [1.807, 2.05) is 39.1 Å². The SMILES string of the molecule is Cc1ccc(Cn2cc(CNC(=O)c3cnc(Nc4ccc(C#N)cc4)cc3Oc3c(C)cc(C)cc3C)nn2)cc1. The number of pyridine rings is 1. The van der Waals surface area contributed by atoms with Crippen molar-refractivity contribution in [3.05, 3.63) is 124 Å². The summed E-state index contributed by atoms with van der Waals surface area (Å²) in [4.78, 5) is 17.8. The second-order valence-corrected chi connectivity index (χ2v) is 10.3. The molecule has 42 heavy (non-hydrogen) atoms. The van der Waals surface area contributed by atoms with Crippen molar-refractivity contribution in [2.45, 2.75) is 40.8 Å². The zero-order valence-electron chi connectivity index (χ0n) is 24.0. The van der Waals surface area contributed by atoms with E-state index in [1.54, 1.807) is 35.0 Å². The summed E-state index contributed by atoms with van der Waals surface area (Å²) in [6.07, 6.45) is 3.31.